The molecule has 0 aliphatic carbocycles. The van der Waals surface area contributed by atoms with E-state index in [2.05, 4.69) is 6.92 Å². The van der Waals surface area contributed by atoms with Gasteiger partial charge >= 0.3 is 0 Å². The van der Waals surface area contributed by atoms with Crippen molar-refractivity contribution in [1.29, 1.82) is 0 Å². The molecule has 3 aromatic carbocycles. The highest BCUT2D eigenvalue weighted by atomic mass is 16.5. The molecule has 0 radical (unpaired) electrons. The van der Waals surface area contributed by atoms with Gasteiger partial charge in [0.25, 0.3) is 11.7 Å². The third kappa shape index (κ3) is 4.98. The molecular formula is C30H31NO5. The summed E-state index contributed by atoms with van der Waals surface area (Å²) >= 11 is 0. The third-order valence-corrected chi connectivity index (χ3v) is 6.14. The van der Waals surface area contributed by atoms with Crippen LogP contribution < -0.4 is 14.4 Å². The summed E-state index contributed by atoms with van der Waals surface area (Å²) < 4.78 is 11.3. The first-order chi connectivity index (χ1) is 17.5. The van der Waals surface area contributed by atoms with E-state index in [4.69, 9.17) is 9.47 Å². The minimum atomic E-state index is -0.798. The van der Waals surface area contributed by atoms with E-state index in [9.17, 15) is 14.7 Å². The Bertz CT molecular complexity index is 1280. The summed E-state index contributed by atoms with van der Waals surface area (Å²) in [7, 11) is 0. The van der Waals surface area contributed by atoms with Gasteiger partial charge in [0.15, 0.2) is 0 Å². The summed E-state index contributed by atoms with van der Waals surface area (Å²) in [6.45, 7) is 6.96. The number of ketones is 1. The second-order valence-corrected chi connectivity index (χ2v) is 8.57. The molecule has 1 unspecified atom stereocenters. The largest absolute Gasteiger partial charge is 0.507 e. The number of rotatable bonds is 9. The van der Waals surface area contributed by atoms with Crippen LogP contribution in [0.2, 0.25) is 0 Å². The summed E-state index contributed by atoms with van der Waals surface area (Å²) in [5, 5.41) is 11.4. The van der Waals surface area contributed by atoms with Crippen molar-refractivity contribution in [2.24, 2.45) is 0 Å². The number of ether oxygens (including phenoxy) is 2. The molecule has 1 N–H and O–H groups in total. The zero-order valence-corrected chi connectivity index (χ0v) is 20.9. The zero-order valence-electron chi connectivity index (χ0n) is 20.9. The van der Waals surface area contributed by atoms with Crippen LogP contribution >= 0.6 is 0 Å². The van der Waals surface area contributed by atoms with E-state index in [0.717, 1.165) is 24.0 Å². The summed E-state index contributed by atoms with van der Waals surface area (Å²) in [5.41, 5.74) is 2.84. The molecule has 3 aromatic rings. The normalized spacial score (nSPS) is 16.9. The van der Waals surface area contributed by atoms with E-state index < -0.39 is 17.7 Å². The van der Waals surface area contributed by atoms with E-state index >= 15 is 0 Å². The highest BCUT2D eigenvalue weighted by Gasteiger charge is 2.47. The van der Waals surface area contributed by atoms with Gasteiger partial charge in [0.1, 0.15) is 17.3 Å². The number of anilines is 1. The van der Waals surface area contributed by atoms with Gasteiger partial charge in [-0.2, -0.15) is 0 Å². The number of hydrogen-bond acceptors (Lipinski definition) is 5. The van der Waals surface area contributed by atoms with Gasteiger partial charge in [-0.3, -0.25) is 14.5 Å². The van der Waals surface area contributed by atoms with Gasteiger partial charge in [-0.15, -0.1) is 0 Å². The molecule has 36 heavy (non-hydrogen) atoms. The van der Waals surface area contributed by atoms with Crippen LogP contribution in [0.15, 0.2) is 78.4 Å². The second kappa shape index (κ2) is 11.1. The van der Waals surface area contributed by atoms with E-state index in [1.807, 2.05) is 44.2 Å². The van der Waals surface area contributed by atoms with Crippen molar-refractivity contribution >= 4 is 23.1 Å². The minimum Gasteiger partial charge on any atom is -0.507 e. The van der Waals surface area contributed by atoms with Gasteiger partial charge in [0.05, 0.1) is 24.8 Å². The molecule has 0 aromatic heterocycles. The highest BCUT2D eigenvalue weighted by Crippen LogP contribution is 2.43. The Hall–Kier alpha value is -4.06. The molecule has 1 atom stereocenters. The van der Waals surface area contributed by atoms with Crippen LogP contribution in [0.3, 0.4) is 0 Å². The fourth-order valence-electron chi connectivity index (χ4n) is 4.35. The van der Waals surface area contributed by atoms with Gasteiger partial charge in [0.2, 0.25) is 0 Å². The molecule has 1 fully saturated rings. The van der Waals surface area contributed by atoms with Crippen LogP contribution in [0.4, 0.5) is 5.69 Å². The van der Waals surface area contributed by atoms with Crippen molar-refractivity contribution in [1.82, 2.24) is 0 Å². The number of Topliss-reactive ketones (excluding diaryl/α,β-unsaturated/α-hetero) is 1. The minimum absolute atomic E-state index is 0.0396. The maximum Gasteiger partial charge on any atom is 0.300 e. The first-order valence-corrected chi connectivity index (χ1v) is 12.3. The SMILES string of the molecule is CCCOc1cccc(N2C(=O)C(=O)/C(=C(/O)c3cccc(OCC)c3)C2c2ccc(CC)cc2)c1. The molecule has 0 bridgehead atoms. The number of carbonyl (C=O) groups is 2. The summed E-state index contributed by atoms with van der Waals surface area (Å²) in [5.74, 6) is -0.491. The predicted octanol–water partition coefficient (Wildman–Crippen LogP) is 6.06. The summed E-state index contributed by atoms with van der Waals surface area (Å²) in [4.78, 5) is 28.3. The van der Waals surface area contributed by atoms with Crippen molar-refractivity contribution in [2.75, 3.05) is 18.1 Å². The average Bonchev–Trinajstić information content (AvgIpc) is 3.17. The summed E-state index contributed by atoms with van der Waals surface area (Å²) in [6, 6.07) is 21.0. The maximum absolute atomic E-state index is 13.4. The summed E-state index contributed by atoms with van der Waals surface area (Å²) in [6.07, 6.45) is 1.71. The first-order valence-electron chi connectivity index (χ1n) is 12.3. The molecule has 1 amide bonds. The van der Waals surface area contributed by atoms with Crippen LogP contribution in [0.5, 0.6) is 11.5 Å². The monoisotopic (exact) mass is 485 g/mol. The lowest BCUT2D eigenvalue weighted by molar-refractivity contribution is -0.132. The van der Waals surface area contributed by atoms with Crippen molar-refractivity contribution < 1.29 is 24.2 Å². The van der Waals surface area contributed by atoms with Gasteiger partial charge in [-0.25, -0.2) is 0 Å². The first kappa shape index (κ1) is 25.0. The average molecular weight is 486 g/mol. The number of carbonyl (C=O) groups excluding carboxylic acids is 2. The van der Waals surface area contributed by atoms with E-state index in [1.165, 1.54) is 4.90 Å². The number of aliphatic hydroxyl groups is 1. The molecule has 6 heteroatoms. The van der Waals surface area contributed by atoms with Crippen LogP contribution in [0, 0.1) is 0 Å². The lowest BCUT2D eigenvalue weighted by Crippen LogP contribution is -2.29. The van der Waals surface area contributed by atoms with Gasteiger partial charge < -0.3 is 14.6 Å². The number of aliphatic hydroxyl groups excluding tert-OH is 1. The lowest BCUT2D eigenvalue weighted by atomic mass is 9.94. The molecule has 0 saturated carbocycles. The van der Waals surface area contributed by atoms with Crippen LogP contribution in [-0.4, -0.2) is 30.0 Å². The molecule has 1 aliphatic rings. The Morgan fingerprint density at radius 2 is 1.58 bits per heavy atom. The number of benzene rings is 3. The van der Waals surface area contributed by atoms with Crippen LogP contribution in [0.1, 0.15) is 49.9 Å². The standard InChI is InChI=1S/C30H31NO5/c1-4-17-36-25-12-8-10-23(19-25)31-27(21-15-13-20(5-2)14-16-21)26(29(33)30(31)34)28(32)22-9-7-11-24(18-22)35-6-3/h7-16,18-19,27,32H,4-6,17H2,1-3H3/b28-26+. The molecule has 186 valence electrons. The van der Waals surface area contributed by atoms with Gasteiger partial charge in [0, 0.05) is 17.3 Å². The van der Waals surface area contributed by atoms with Crippen molar-refractivity contribution in [2.45, 2.75) is 39.7 Å². The quantitative estimate of drug-likeness (QED) is 0.226. The molecule has 6 nitrogen and oxygen atoms in total. The molecule has 0 spiro atoms. The Kier molecular flexibility index (Phi) is 7.74. The van der Waals surface area contributed by atoms with Crippen LogP contribution in [-0.2, 0) is 16.0 Å². The fourth-order valence-corrected chi connectivity index (χ4v) is 4.35. The Balaban J connectivity index is 1.87. The Morgan fingerprint density at radius 1 is 0.889 bits per heavy atom. The zero-order chi connectivity index (χ0) is 25.7. The van der Waals surface area contributed by atoms with E-state index in [1.54, 1.807) is 42.5 Å². The predicted molar refractivity (Wildman–Crippen MR) is 140 cm³/mol. The number of hydrogen-bond donors (Lipinski definition) is 1. The molecule has 1 saturated heterocycles. The highest BCUT2D eigenvalue weighted by molar-refractivity contribution is 6.51. The van der Waals surface area contributed by atoms with Crippen molar-refractivity contribution in [3.05, 3.63) is 95.1 Å². The Labute approximate surface area is 211 Å². The lowest BCUT2D eigenvalue weighted by Gasteiger charge is -2.26. The topological polar surface area (TPSA) is 76.1 Å². The van der Waals surface area contributed by atoms with E-state index in [-0.39, 0.29) is 11.3 Å². The van der Waals surface area contributed by atoms with Crippen molar-refractivity contribution in [3.63, 3.8) is 0 Å². The molecular weight excluding hydrogens is 454 g/mol. The molecule has 1 aliphatic heterocycles. The smallest absolute Gasteiger partial charge is 0.300 e. The van der Waals surface area contributed by atoms with E-state index in [0.29, 0.717) is 36.0 Å². The van der Waals surface area contributed by atoms with Crippen molar-refractivity contribution in [3.8, 4) is 11.5 Å². The number of aryl methyl sites for hydroxylation is 1. The Morgan fingerprint density at radius 3 is 2.25 bits per heavy atom. The van der Waals surface area contributed by atoms with Gasteiger partial charge in [-0.1, -0.05) is 56.3 Å². The molecule has 4 rings (SSSR count). The number of nitrogens with zero attached hydrogens (tertiary/aromatic N) is 1. The van der Waals surface area contributed by atoms with Crippen LogP contribution in [0.25, 0.3) is 5.76 Å². The van der Waals surface area contributed by atoms with Gasteiger partial charge in [-0.05, 0) is 55.2 Å². The fraction of sp³-hybridized carbons (Fsp3) is 0.267. The number of amides is 1. The molecule has 1 heterocycles. The second-order valence-electron chi connectivity index (χ2n) is 8.57. The maximum atomic E-state index is 13.4. The third-order valence-electron chi connectivity index (χ3n) is 6.14.